The Morgan fingerprint density at radius 1 is 1.25 bits per heavy atom. The molecule has 0 saturated heterocycles. The topological polar surface area (TPSA) is 17.1 Å². The summed E-state index contributed by atoms with van der Waals surface area (Å²) in [7, 11) is 1.72. The molecule has 4 heteroatoms. The van der Waals surface area contributed by atoms with E-state index in [2.05, 4.69) is 0 Å². The van der Waals surface area contributed by atoms with Gasteiger partial charge in [-0.15, -0.1) is 0 Å². The minimum atomic E-state index is 0. The summed E-state index contributed by atoms with van der Waals surface area (Å²) in [6.07, 6.45) is 0. The van der Waals surface area contributed by atoms with Gasteiger partial charge in [0.2, 0.25) is 0 Å². The predicted molar refractivity (Wildman–Crippen MR) is 18.9 cm³/mol. The van der Waals surface area contributed by atoms with Gasteiger partial charge in [0.15, 0.2) is 0 Å². The van der Waals surface area contributed by atoms with Crippen LogP contribution in [-0.4, -0.2) is 26.2 Å². The quantitative estimate of drug-likeness (QED) is 0.427. The van der Waals surface area contributed by atoms with E-state index in [-0.39, 0.29) is 44.8 Å². The molecule has 0 aliphatic carbocycles. The van der Waals surface area contributed by atoms with Crippen LogP contribution in [0.1, 0.15) is 0 Å². The van der Waals surface area contributed by atoms with E-state index < -0.39 is 0 Å². The van der Waals surface area contributed by atoms with E-state index in [1.807, 2.05) is 0 Å². The molecule has 0 aliphatic rings. The summed E-state index contributed by atoms with van der Waals surface area (Å²) in [5.74, 6) is 0. The van der Waals surface area contributed by atoms with Gasteiger partial charge in [-0.3, -0.25) is 4.57 Å². The molecule has 0 fully saturated rings. The van der Waals surface area contributed by atoms with Gasteiger partial charge in [-0.25, -0.2) is 0 Å². The van der Waals surface area contributed by atoms with Crippen LogP contribution in [0.25, 0.3) is 0 Å². The van der Waals surface area contributed by atoms with E-state index in [1.165, 1.54) is 0 Å². The summed E-state index contributed by atoms with van der Waals surface area (Å²) >= 11 is 0. The van der Waals surface area contributed by atoms with E-state index in [9.17, 15) is 0 Å². The van der Waals surface area contributed by atoms with E-state index in [4.69, 9.17) is 4.57 Å². The Morgan fingerprint density at radius 3 is 1.25 bits per heavy atom. The van der Waals surface area contributed by atoms with Crippen molar-refractivity contribution in [3.63, 3.8) is 0 Å². The van der Waals surface area contributed by atoms with Gasteiger partial charge in [-0.2, -0.15) is 0 Å². The zero-order valence-electron chi connectivity index (χ0n) is 2.06. The van der Waals surface area contributed by atoms with Crippen LogP contribution in [0.2, 0.25) is 0 Å². The molecule has 25 valence electrons. The summed E-state index contributed by atoms with van der Waals surface area (Å²) in [6.45, 7) is 0. The van der Waals surface area contributed by atoms with Gasteiger partial charge in [0.05, 0.1) is 0 Å². The fourth-order valence-corrected chi connectivity index (χ4v) is 0. The van der Waals surface area contributed by atoms with E-state index in [0.717, 1.165) is 0 Å². The number of hydrogen-bond acceptors (Lipinski definition) is 1. The van der Waals surface area contributed by atoms with Gasteiger partial charge < -0.3 is 0 Å². The molecule has 0 saturated carbocycles. The van der Waals surface area contributed by atoms with Crippen molar-refractivity contribution in [3.05, 3.63) is 0 Å². The summed E-state index contributed by atoms with van der Waals surface area (Å²) in [6, 6.07) is 0. The van der Waals surface area contributed by atoms with Crippen molar-refractivity contribution in [2.45, 2.75) is 0 Å². The Morgan fingerprint density at radius 2 is 1.25 bits per heavy atom. The smallest absolute Gasteiger partial charge is 0 e. The van der Waals surface area contributed by atoms with Crippen molar-refractivity contribution in [1.29, 1.82) is 0 Å². The minimum Gasteiger partial charge on any atom is 0 e. The second kappa shape index (κ2) is 23.7. The standard InChI is InChI=1S/Bi.HOP.V.3H/c;1-2;;;;/h;2H;;;;. The van der Waals surface area contributed by atoms with Gasteiger partial charge in [0, 0.05) is 18.6 Å². The van der Waals surface area contributed by atoms with Crippen LogP contribution >= 0.6 is 9.12 Å². The van der Waals surface area contributed by atoms with Crippen LogP contribution in [0.15, 0.2) is 0 Å². The van der Waals surface area contributed by atoms with Crippen molar-refractivity contribution in [2.75, 3.05) is 0 Å². The molecule has 0 rings (SSSR count). The van der Waals surface area contributed by atoms with E-state index in [1.54, 1.807) is 9.12 Å². The van der Waals surface area contributed by atoms with Gasteiger partial charge in [0.1, 0.15) is 9.12 Å². The van der Waals surface area contributed by atoms with Gasteiger partial charge in [-0.05, 0) is 0 Å². The van der Waals surface area contributed by atoms with Crippen molar-refractivity contribution in [3.8, 4) is 0 Å². The Balaban J connectivity index is -0.00000000500. The third kappa shape index (κ3) is 9.57. The molecule has 0 aromatic rings. The van der Waals surface area contributed by atoms with Gasteiger partial charge in [-0.1, -0.05) is 0 Å². The largest absolute Gasteiger partial charge is 0 e. The third-order valence-electron chi connectivity index (χ3n) is 0. The first kappa shape index (κ1) is 17.6. The molecule has 0 heterocycles. The zero-order chi connectivity index (χ0) is 2.00. The fourth-order valence-electron chi connectivity index (χ4n) is 0. The molecule has 0 N–H and O–H groups in total. The first-order valence-electron chi connectivity index (χ1n) is 0.204. The first-order chi connectivity index (χ1) is 1.00. The molecule has 0 aromatic carbocycles. The van der Waals surface area contributed by atoms with Gasteiger partial charge >= 0.3 is 26.2 Å². The monoisotopic (exact) mass is 311 g/mol. The Hall–Kier alpha value is 1.57. The average Bonchev–Trinajstić information content (AvgIpc) is 1.00. The molecule has 0 amide bonds. The van der Waals surface area contributed by atoms with E-state index in [0.29, 0.717) is 0 Å². The maximum Gasteiger partial charge on any atom is 0 e. The van der Waals surface area contributed by atoms with Crippen molar-refractivity contribution in [1.82, 2.24) is 0 Å². The first-order valence-corrected chi connectivity index (χ1v) is 0.612. The summed E-state index contributed by atoms with van der Waals surface area (Å²) in [4.78, 5) is 0. The number of hydrogen-bond donors (Lipinski definition) is 0. The van der Waals surface area contributed by atoms with Crippen LogP contribution in [0.3, 0.4) is 0 Å². The second-order valence-corrected chi connectivity index (χ2v) is 0. The maximum absolute atomic E-state index is 8.06. The maximum atomic E-state index is 8.06. The van der Waals surface area contributed by atoms with E-state index >= 15 is 0 Å². The van der Waals surface area contributed by atoms with Crippen LogP contribution < -0.4 is 0 Å². The Bertz CT molecular complexity index is 8.00. The summed E-state index contributed by atoms with van der Waals surface area (Å²) < 4.78 is 8.06. The van der Waals surface area contributed by atoms with Crippen LogP contribution in [-0.2, 0) is 23.1 Å². The molecular weight excluding hydrogens is 307 g/mol. The zero-order valence-corrected chi connectivity index (χ0v) is 9.96. The molecule has 0 spiro atoms. The normalized spacial score (nSPS) is 1.00. The minimum absolute atomic E-state index is 0. The Kier molecular flexibility index (Phi) is 104. The van der Waals surface area contributed by atoms with Crippen molar-refractivity contribution >= 4 is 35.3 Å². The Labute approximate surface area is 58.2 Å². The average molecular weight is 311 g/mol. The van der Waals surface area contributed by atoms with Crippen molar-refractivity contribution < 1.29 is 23.1 Å². The SMILES string of the molecule is O=P.[BiH3].[V]. The van der Waals surface area contributed by atoms with Crippen LogP contribution in [0.5, 0.6) is 0 Å². The molecule has 0 aliphatic heterocycles. The molecule has 0 unspecified atom stereocenters. The summed E-state index contributed by atoms with van der Waals surface area (Å²) in [5.41, 5.74) is 0. The fraction of sp³-hybridized carbons (Fsp3) is 0. The molecule has 0 bridgehead atoms. The second-order valence-electron chi connectivity index (χ2n) is 0. The molecular formula is H4BiOPV. The molecule has 0 aromatic heterocycles. The molecule has 1 radical (unpaired) electrons. The van der Waals surface area contributed by atoms with Gasteiger partial charge in [0.25, 0.3) is 0 Å². The van der Waals surface area contributed by atoms with Crippen LogP contribution in [0, 0.1) is 0 Å². The van der Waals surface area contributed by atoms with Crippen LogP contribution in [0.4, 0.5) is 0 Å². The molecule has 4 heavy (non-hydrogen) atoms. The number of rotatable bonds is 0. The molecule has 0 atom stereocenters. The predicted octanol–water partition coefficient (Wildman–Crippen LogP) is -0.712. The van der Waals surface area contributed by atoms with Crippen molar-refractivity contribution in [2.24, 2.45) is 0 Å². The summed E-state index contributed by atoms with van der Waals surface area (Å²) in [5, 5.41) is 0. The third-order valence-corrected chi connectivity index (χ3v) is 0. The molecule has 1 nitrogen and oxygen atoms in total.